The van der Waals surface area contributed by atoms with Crippen molar-refractivity contribution in [1.29, 1.82) is 5.26 Å². The maximum atomic E-state index is 13.8. The van der Waals surface area contributed by atoms with Gasteiger partial charge < -0.3 is 15.4 Å². The van der Waals surface area contributed by atoms with Crippen LogP contribution in [0.5, 0.6) is 5.75 Å². The second kappa shape index (κ2) is 13.8. The number of para-hydroxylation sites is 1. The number of ether oxygens (including phenoxy) is 1. The molecule has 0 unspecified atom stereocenters. The molecule has 2 heterocycles. The third kappa shape index (κ3) is 7.73. The van der Waals surface area contributed by atoms with Gasteiger partial charge in [0.15, 0.2) is 0 Å². The van der Waals surface area contributed by atoms with Crippen LogP contribution in [0.1, 0.15) is 49.1 Å². The molecule has 0 aliphatic carbocycles. The van der Waals surface area contributed by atoms with E-state index in [-0.39, 0.29) is 51.2 Å². The molecule has 0 spiro atoms. The van der Waals surface area contributed by atoms with Crippen LogP contribution in [0, 0.1) is 18.3 Å². The van der Waals surface area contributed by atoms with Gasteiger partial charge in [0, 0.05) is 6.54 Å². The molecule has 48 heavy (non-hydrogen) atoms. The average Bonchev–Trinajstić information content (AvgIpc) is 3.68. The van der Waals surface area contributed by atoms with Crippen molar-refractivity contribution >= 4 is 29.1 Å². The van der Waals surface area contributed by atoms with Crippen LogP contribution in [-0.2, 0) is 19.3 Å². The highest BCUT2D eigenvalue weighted by atomic mass is 35.5. The van der Waals surface area contributed by atoms with Gasteiger partial charge in [-0.1, -0.05) is 35.9 Å². The lowest BCUT2D eigenvalue weighted by molar-refractivity contribution is -0.145. The molecule has 2 N–H and O–H groups in total. The summed E-state index contributed by atoms with van der Waals surface area (Å²) < 4.78 is 69.9. The number of nitriles is 1. The number of rotatable bonds is 10. The van der Waals surface area contributed by atoms with Gasteiger partial charge in [0.2, 0.25) is 0 Å². The maximum absolute atomic E-state index is 13.8. The van der Waals surface area contributed by atoms with Gasteiger partial charge in [-0.15, -0.1) is 10.2 Å². The number of carbonyl (C=O) groups excluding carboxylic acids is 2. The summed E-state index contributed by atoms with van der Waals surface area (Å²) in [6.45, 7) is -1.99. The summed E-state index contributed by atoms with van der Waals surface area (Å²) in [6, 6.07) is 18.0. The summed E-state index contributed by atoms with van der Waals surface area (Å²) in [6.07, 6.45) is -4.82. The lowest BCUT2D eigenvalue weighted by atomic mass is 10.0. The number of nitrogens with one attached hydrogen (secondary N) is 2. The number of carbonyl (C=O) groups is 2. The van der Waals surface area contributed by atoms with Crippen LogP contribution in [-0.4, -0.2) is 48.4 Å². The number of benzene rings is 3. The lowest BCUT2D eigenvalue weighted by Crippen LogP contribution is -2.26. The second-order valence-corrected chi connectivity index (χ2v) is 10.4. The predicted molar refractivity (Wildman–Crippen MR) is 159 cm³/mol. The number of tetrazole rings is 1. The predicted octanol–water partition coefficient (Wildman–Crippen LogP) is 5.54. The van der Waals surface area contributed by atoms with E-state index >= 15 is 0 Å². The van der Waals surface area contributed by atoms with E-state index in [9.17, 15) is 36.8 Å². The van der Waals surface area contributed by atoms with Crippen molar-refractivity contribution in [3.05, 3.63) is 111 Å². The molecule has 0 saturated carbocycles. The lowest BCUT2D eigenvalue weighted by Gasteiger charge is -2.16. The monoisotopic (exact) mass is 685 g/mol. The molecule has 2 amide bonds. The molecule has 0 fully saturated rings. The number of halogens is 6. The van der Waals surface area contributed by atoms with Crippen molar-refractivity contribution < 1.29 is 36.3 Å². The summed E-state index contributed by atoms with van der Waals surface area (Å²) in [7, 11) is 0. The molecule has 0 saturated heterocycles. The highest BCUT2D eigenvalue weighted by molar-refractivity contribution is 6.32. The van der Waals surface area contributed by atoms with Gasteiger partial charge >= 0.3 is 12.8 Å². The van der Waals surface area contributed by atoms with Crippen LogP contribution in [0.2, 0.25) is 5.02 Å². The highest BCUT2D eigenvalue weighted by Crippen LogP contribution is 2.28. The third-order valence-electron chi connectivity index (χ3n) is 6.61. The third-order valence-corrected chi connectivity index (χ3v) is 6.93. The van der Waals surface area contributed by atoms with E-state index in [4.69, 9.17) is 11.6 Å². The molecule has 0 aliphatic heterocycles. The number of aryl methyl sites for hydroxylation is 1. The van der Waals surface area contributed by atoms with Crippen molar-refractivity contribution in [3.63, 3.8) is 0 Å². The first kappa shape index (κ1) is 33.5. The van der Waals surface area contributed by atoms with Gasteiger partial charge in [-0.05, 0) is 65.7 Å². The second-order valence-electron chi connectivity index (χ2n) is 10.0. The van der Waals surface area contributed by atoms with Crippen molar-refractivity contribution in [1.82, 2.24) is 35.3 Å². The average molecular weight is 686 g/mol. The van der Waals surface area contributed by atoms with Gasteiger partial charge in [-0.25, -0.2) is 4.68 Å². The number of aromatic nitrogens is 6. The van der Waals surface area contributed by atoms with Crippen LogP contribution in [0.3, 0.4) is 0 Å². The van der Waals surface area contributed by atoms with Gasteiger partial charge in [-0.3, -0.25) is 9.59 Å². The molecule has 12 nitrogen and oxygen atoms in total. The topological polar surface area (TPSA) is 153 Å². The molecular weight excluding hydrogens is 665 g/mol. The Kier molecular flexibility index (Phi) is 9.66. The van der Waals surface area contributed by atoms with Crippen LogP contribution >= 0.6 is 11.6 Å². The molecule has 246 valence electrons. The van der Waals surface area contributed by atoms with Crippen LogP contribution in [0.25, 0.3) is 5.69 Å². The molecule has 3 aromatic carbocycles. The first-order valence-corrected chi connectivity index (χ1v) is 14.1. The summed E-state index contributed by atoms with van der Waals surface area (Å²) >= 11 is 6.38. The largest absolute Gasteiger partial charge is 0.455 e. The van der Waals surface area contributed by atoms with Crippen LogP contribution in [0.15, 0.2) is 66.7 Å². The summed E-state index contributed by atoms with van der Waals surface area (Å²) in [5.41, 5.74) is 1.04. The highest BCUT2D eigenvalue weighted by Gasteiger charge is 2.37. The molecule has 5 aromatic rings. The van der Waals surface area contributed by atoms with Gasteiger partial charge in [0.25, 0.3) is 17.6 Å². The Labute approximate surface area is 272 Å². The molecule has 0 atom stereocenters. The Bertz CT molecular complexity index is 2040. The number of hydrogen-bond acceptors (Lipinski definition) is 8. The van der Waals surface area contributed by atoms with Crippen LogP contribution in [0.4, 0.5) is 27.6 Å². The van der Waals surface area contributed by atoms with E-state index in [0.717, 1.165) is 0 Å². The molecule has 5 rings (SSSR count). The molecule has 2 aromatic heterocycles. The zero-order valence-corrected chi connectivity index (χ0v) is 25.2. The Hall–Kier alpha value is -5.89. The number of hydrogen-bond donors (Lipinski definition) is 2. The van der Waals surface area contributed by atoms with Gasteiger partial charge in [-0.2, -0.15) is 37.1 Å². The standard InChI is InChI=1S/C30H21ClF5N9O3/c1-16-9-18(13-37)11-21(26(46)38-14-17-5-4-6-20(10-17)48-29(32)33)25(16)39-27(47)24-12-19(15-44-42-28(40-43-44)30(34,35)36)41-45(24)23-8-3-2-7-22(23)31/h2-12,29H,14-15H2,1H3,(H,38,46)(H,39,47). The smallest absolute Gasteiger partial charge is 0.435 e. The van der Waals surface area contributed by atoms with E-state index in [0.29, 0.717) is 15.9 Å². The Morgan fingerprint density at radius 1 is 1.04 bits per heavy atom. The summed E-state index contributed by atoms with van der Waals surface area (Å²) in [4.78, 5) is 27.9. The zero-order chi connectivity index (χ0) is 34.6. The number of alkyl halides is 5. The van der Waals surface area contributed by atoms with Crippen molar-refractivity contribution in [2.45, 2.75) is 32.8 Å². The minimum absolute atomic E-state index is 0.0347. The Balaban J connectivity index is 1.46. The van der Waals surface area contributed by atoms with Gasteiger partial charge in [0.05, 0.1) is 39.3 Å². The van der Waals surface area contributed by atoms with E-state index in [1.807, 2.05) is 6.07 Å². The van der Waals surface area contributed by atoms with E-state index in [1.54, 1.807) is 31.2 Å². The van der Waals surface area contributed by atoms with Crippen molar-refractivity contribution in [3.8, 4) is 17.5 Å². The Morgan fingerprint density at radius 2 is 1.81 bits per heavy atom. The fourth-order valence-corrected chi connectivity index (χ4v) is 4.74. The summed E-state index contributed by atoms with van der Waals surface area (Å²) in [5, 5.41) is 29.1. The quantitative estimate of drug-likeness (QED) is 0.182. The SMILES string of the molecule is Cc1cc(C#N)cc(C(=O)NCc2cccc(OC(F)F)c2)c1NC(=O)c1cc(Cn2nnc(C(F)(F)F)n2)nn1-c1ccccc1Cl. The number of anilines is 1. The molecule has 0 aliphatic rings. The number of amides is 2. The van der Waals surface area contributed by atoms with E-state index < -0.39 is 37.0 Å². The maximum Gasteiger partial charge on any atom is 0.455 e. The first-order valence-electron chi connectivity index (χ1n) is 13.7. The minimum Gasteiger partial charge on any atom is -0.435 e. The molecular formula is C30H21ClF5N9O3. The fraction of sp³-hybridized carbons (Fsp3) is 0.167. The van der Waals surface area contributed by atoms with Crippen LogP contribution < -0.4 is 15.4 Å². The molecule has 18 heteroatoms. The van der Waals surface area contributed by atoms with Crippen molar-refractivity contribution in [2.24, 2.45) is 0 Å². The fourth-order valence-electron chi connectivity index (χ4n) is 4.53. The zero-order valence-electron chi connectivity index (χ0n) is 24.5. The normalized spacial score (nSPS) is 11.3. The Morgan fingerprint density at radius 3 is 2.50 bits per heavy atom. The van der Waals surface area contributed by atoms with E-state index in [1.165, 1.54) is 47.1 Å². The minimum atomic E-state index is -4.82. The number of nitrogens with zero attached hydrogens (tertiary/aromatic N) is 7. The molecule has 0 radical (unpaired) electrons. The first-order chi connectivity index (χ1) is 22.8. The van der Waals surface area contributed by atoms with E-state index in [2.05, 4.69) is 35.9 Å². The van der Waals surface area contributed by atoms with Gasteiger partial charge in [0.1, 0.15) is 18.0 Å². The van der Waals surface area contributed by atoms with Crippen molar-refractivity contribution in [2.75, 3.05) is 5.32 Å². The summed E-state index contributed by atoms with van der Waals surface area (Å²) in [5.74, 6) is -3.07. The molecule has 0 bridgehead atoms.